The smallest absolute Gasteiger partial charge is 0.262 e. The summed E-state index contributed by atoms with van der Waals surface area (Å²) in [6.45, 7) is 0.272. The van der Waals surface area contributed by atoms with Gasteiger partial charge in [0.15, 0.2) is 11.5 Å². The molecule has 5 rings (SSSR count). The highest BCUT2D eigenvalue weighted by molar-refractivity contribution is 7.18. The molecule has 1 N–H and O–H groups in total. The summed E-state index contributed by atoms with van der Waals surface area (Å²) >= 11 is 1.59. The van der Waals surface area contributed by atoms with E-state index in [0.29, 0.717) is 23.5 Å². The van der Waals surface area contributed by atoms with Gasteiger partial charge in [0.1, 0.15) is 18.0 Å². The van der Waals surface area contributed by atoms with Crippen molar-refractivity contribution < 1.29 is 14.3 Å². The van der Waals surface area contributed by atoms with E-state index >= 15 is 0 Å². The van der Waals surface area contributed by atoms with Crippen LogP contribution in [-0.4, -0.2) is 28.8 Å². The van der Waals surface area contributed by atoms with Gasteiger partial charge in [-0.2, -0.15) is 5.10 Å². The number of carbonyl (C=O) groups is 1. The largest absolute Gasteiger partial charge is 0.493 e. The molecular formula is C27H26N4O4S. The Balaban J connectivity index is 1.22. The van der Waals surface area contributed by atoms with Crippen molar-refractivity contribution in [3.8, 4) is 11.5 Å². The van der Waals surface area contributed by atoms with Crippen LogP contribution in [0.2, 0.25) is 0 Å². The quantitative estimate of drug-likeness (QED) is 0.290. The number of hydrogen-bond acceptors (Lipinski definition) is 7. The minimum Gasteiger partial charge on any atom is -0.493 e. The highest BCUT2D eigenvalue weighted by Gasteiger charge is 2.20. The summed E-state index contributed by atoms with van der Waals surface area (Å²) in [5, 5.41) is 4.70. The molecule has 1 aliphatic carbocycles. The van der Waals surface area contributed by atoms with Gasteiger partial charge in [0.05, 0.1) is 25.0 Å². The molecule has 0 bridgehead atoms. The van der Waals surface area contributed by atoms with Gasteiger partial charge in [-0.1, -0.05) is 30.3 Å². The van der Waals surface area contributed by atoms with Gasteiger partial charge in [-0.25, -0.2) is 10.4 Å². The number of ether oxygens (including phenoxy) is 2. The van der Waals surface area contributed by atoms with E-state index in [2.05, 4.69) is 15.5 Å². The zero-order valence-electron chi connectivity index (χ0n) is 19.9. The first-order chi connectivity index (χ1) is 17.6. The van der Waals surface area contributed by atoms with Crippen LogP contribution in [0, 0.1) is 0 Å². The van der Waals surface area contributed by atoms with Crippen LogP contribution in [0.3, 0.4) is 0 Å². The summed E-state index contributed by atoms with van der Waals surface area (Å²) in [6, 6.07) is 15.3. The average Bonchev–Trinajstić information content (AvgIpc) is 3.29. The number of nitrogens with zero attached hydrogens (tertiary/aromatic N) is 3. The lowest BCUT2D eigenvalue weighted by Crippen LogP contribution is -2.30. The maximum absolute atomic E-state index is 13.0. The molecule has 1 aliphatic rings. The predicted molar refractivity (Wildman–Crippen MR) is 140 cm³/mol. The first-order valence-electron chi connectivity index (χ1n) is 11.8. The van der Waals surface area contributed by atoms with Crippen molar-refractivity contribution >= 4 is 33.7 Å². The Labute approximate surface area is 212 Å². The molecule has 2 aromatic carbocycles. The second kappa shape index (κ2) is 10.7. The number of carbonyl (C=O) groups excluding carboxylic acids is 1. The van der Waals surface area contributed by atoms with Crippen LogP contribution in [0.25, 0.3) is 10.2 Å². The van der Waals surface area contributed by atoms with E-state index in [-0.39, 0.29) is 12.1 Å². The molecule has 0 fully saturated rings. The molecule has 36 heavy (non-hydrogen) atoms. The maximum atomic E-state index is 13.0. The third-order valence-electron chi connectivity index (χ3n) is 6.08. The summed E-state index contributed by atoms with van der Waals surface area (Å²) in [7, 11) is 1.57. The SMILES string of the molecule is COc1cc(/C=N\NC(=O)Cn2cnc3sc4c(c3c2=O)CCCC4)ccc1OCc1ccccc1. The maximum Gasteiger partial charge on any atom is 0.262 e. The topological polar surface area (TPSA) is 94.8 Å². The summed E-state index contributed by atoms with van der Waals surface area (Å²) in [4.78, 5) is 31.9. The van der Waals surface area contributed by atoms with E-state index in [9.17, 15) is 9.59 Å². The van der Waals surface area contributed by atoms with Gasteiger partial charge < -0.3 is 9.47 Å². The number of hydrogen-bond donors (Lipinski definition) is 1. The molecule has 0 atom stereocenters. The fourth-order valence-corrected chi connectivity index (χ4v) is 5.50. The standard InChI is InChI=1S/C27H26N4O4S/c1-34-22-13-19(11-12-21(22)35-16-18-7-3-2-4-8-18)14-29-30-24(32)15-31-17-28-26-25(27(31)33)20-9-5-6-10-23(20)36-26/h2-4,7-8,11-14,17H,5-6,9-10,15-16H2,1H3,(H,30,32)/b29-14-. The summed E-state index contributed by atoms with van der Waals surface area (Å²) < 4.78 is 12.7. The predicted octanol–water partition coefficient (Wildman–Crippen LogP) is 4.07. The van der Waals surface area contributed by atoms with Gasteiger partial charge in [-0.15, -0.1) is 11.3 Å². The summed E-state index contributed by atoms with van der Waals surface area (Å²) in [5.41, 5.74) is 5.20. The molecule has 0 radical (unpaired) electrons. The van der Waals surface area contributed by atoms with E-state index in [1.54, 1.807) is 30.6 Å². The number of aromatic nitrogens is 2. The number of fused-ring (bicyclic) bond motifs is 3. The Morgan fingerprint density at radius 3 is 2.83 bits per heavy atom. The lowest BCUT2D eigenvalue weighted by Gasteiger charge is -2.11. The molecule has 4 aromatic rings. The first-order valence-corrected chi connectivity index (χ1v) is 12.6. The lowest BCUT2D eigenvalue weighted by molar-refractivity contribution is -0.121. The van der Waals surface area contributed by atoms with Crippen LogP contribution >= 0.6 is 11.3 Å². The number of methoxy groups -OCH3 is 1. The fourth-order valence-electron chi connectivity index (χ4n) is 4.28. The van der Waals surface area contributed by atoms with Crippen LogP contribution in [0.5, 0.6) is 11.5 Å². The molecular weight excluding hydrogens is 476 g/mol. The molecule has 0 saturated carbocycles. The van der Waals surface area contributed by atoms with E-state index in [1.807, 2.05) is 36.4 Å². The highest BCUT2D eigenvalue weighted by atomic mass is 32.1. The van der Waals surface area contributed by atoms with Gasteiger partial charge in [0.25, 0.3) is 11.5 Å². The molecule has 0 aliphatic heterocycles. The van der Waals surface area contributed by atoms with E-state index in [4.69, 9.17) is 9.47 Å². The normalized spacial score (nSPS) is 13.0. The number of rotatable bonds is 8. The zero-order chi connectivity index (χ0) is 24.9. The first kappa shape index (κ1) is 23.7. The third kappa shape index (κ3) is 5.16. The molecule has 184 valence electrons. The van der Waals surface area contributed by atoms with Gasteiger partial charge in [0.2, 0.25) is 0 Å². The Kier molecular flexibility index (Phi) is 7.08. The number of amides is 1. The van der Waals surface area contributed by atoms with Crippen molar-refractivity contribution in [2.75, 3.05) is 7.11 Å². The molecule has 9 heteroatoms. The summed E-state index contributed by atoms with van der Waals surface area (Å²) in [5.74, 6) is 0.764. The van der Waals surface area contributed by atoms with Crippen LogP contribution in [0.1, 0.15) is 34.4 Å². The van der Waals surface area contributed by atoms with Crippen molar-refractivity contribution in [3.63, 3.8) is 0 Å². The number of hydrazone groups is 1. The zero-order valence-corrected chi connectivity index (χ0v) is 20.7. The summed E-state index contributed by atoms with van der Waals surface area (Å²) in [6.07, 6.45) is 7.06. The van der Waals surface area contributed by atoms with Gasteiger partial charge in [0, 0.05) is 4.88 Å². The minimum absolute atomic E-state index is 0.153. The second-order valence-corrected chi connectivity index (χ2v) is 9.63. The fraction of sp³-hybridized carbons (Fsp3) is 0.259. The van der Waals surface area contributed by atoms with E-state index < -0.39 is 5.91 Å². The van der Waals surface area contributed by atoms with Crippen molar-refractivity contribution in [2.24, 2.45) is 5.10 Å². The molecule has 0 unspecified atom stereocenters. The Morgan fingerprint density at radius 2 is 2.00 bits per heavy atom. The van der Waals surface area contributed by atoms with E-state index in [1.165, 1.54) is 22.0 Å². The van der Waals surface area contributed by atoms with Crippen LogP contribution < -0.4 is 20.5 Å². The van der Waals surface area contributed by atoms with Crippen LogP contribution in [0.4, 0.5) is 0 Å². The van der Waals surface area contributed by atoms with Crippen molar-refractivity contribution in [2.45, 2.75) is 38.8 Å². The van der Waals surface area contributed by atoms with Gasteiger partial charge >= 0.3 is 0 Å². The molecule has 0 spiro atoms. The average molecular weight is 503 g/mol. The Hall–Kier alpha value is -3.98. The molecule has 1 amide bonds. The molecule has 2 aromatic heterocycles. The van der Waals surface area contributed by atoms with Gasteiger partial charge in [-0.3, -0.25) is 14.2 Å². The number of benzene rings is 2. The molecule has 2 heterocycles. The van der Waals surface area contributed by atoms with E-state index in [0.717, 1.165) is 47.2 Å². The molecule has 0 saturated heterocycles. The van der Waals surface area contributed by atoms with Crippen LogP contribution in [-0.2, 0) is 30.8 Å². The van der Waals surface area contributed by atoms with Crippen molar-refractivity contribution in [3.05, 3.63) is 86.8 Å². The highest BCUT2D eigenvalue weighted by Crippen LogP contribution is 2.33. The second-order valence-electron chi connectivity index (χ2n) is 8.55. The van der Waals surface area contributed by atoms with Crippen LogP contribution in [0.15, 0.2) is 64.8 Å². The minimum atomic E-state index is -0.409. The van der Waals surface area contributed by atoms with Crippen molar-refractivity contribution in [1.82, 2.24) is 15.0 Å². The molecule has 8 nitrogen and oxygen atoms in total. The Bertz CT molecular complexity index is 1480. The number of nitrogens with one attached hydrogen (secondary N) is 1. The number of thiophene rings is 1. The lowest BCUT2D eigenvalue weighted by atomic mass is 9.97. The monoisotopic (exact) mass is 502 g/mol. The number of aryl methyl sites for hydroxylation is 2. The Morgan fingerprint density at radius 1 is 1.17 bits per heavy atom. The van der Waals surface area contributed by atoms with Gasteiger partial charge in [-0.05, 0) is 60.6 Å². The van der Waals surface area contributed by atoms with Crippen molar-refractivity contribution in [1.29, 1.82) is 0 Å². The third-order valence-corrected chi connectivity index (χ3v) is 7.28.